The van der Waals surface area contributed by atoms with E-state index in [1.807, 2.05) is 6.07 Å². The highest BCUT2D eigenvalue weighted by molar-refractivity contribution is 8.00. The molecule has 1 N–H and O–H groups in total. The van der Waals surface area contributed by atoms with Gasteiger partial charge in [-0.15, -0.1) is 11.8 Å². The van der Waals surface area contributed by atoms with Crippen LogP contribution in [0.25, 0.3) is 0 Å². The fraction of sp³-hybridized carbons (Fsp3) is 0.500. The number of aliphatic carboxylic acids is 1. The summed E-state index contributed by atoms with van der Waals surface area (Å²) in [5.41, 5.74) is 1.37. The molecular weight excluding hydrogens is 232 g/mol. The first-order valence-electron chi connectivity index (χ1n) is 6.15. The first kappa shape index (κ1) is 12.5. The van der Waals surface area contributed by atoms with E-state index in [0.29, 0.717) is 11.2 Å². The maximum Gasteiger partial charge on any atom is 0.313 e. The fourth-order valence-electron chi connectivity index (χ4n) is 2.56. The minimum Gasteiger partial charge on any atom is -0.481 e. The van der Waals surface area contributed by atoms with E-state index >= 15 is 0 Å². The van der Waals surface area contributed by atoms with Crippen LogP contribution in [0.2, 0.25) is 0 Å². The van der Waals surface area contributed by atoms with Gasteiger partial charge in [0.05, 0.1) is 5.75 Å². The van der Waals surface area contributed by atoms with Crippen LogP contribution in [-0.2, 0) is 4.79 Å². The highest BCUT2D eigenvalue weighted by atomic mass is 32.2. The molecule has 0 saturated heterocycles. The standard InChI is InChI=1S/C14H18O2S/c15-14(16)10-17-13-9-5-4-8-12(13)11-6-2-1-3-7-11/h1-3,6-7,12-13H,4-5,8-10H2,(H,15,16)/t12-,13+/m0/s1. The highest BCUT2D eigenvalue weighted by Gasteiger charge is 2.27. The molecule has 17 heavy (non-hydrogen) atoms. The molecule has 0 bridgehead atoms. The van der Waals surface area contributed by atoms with E-state index in [1.165, 1.54) is 24.8 Å². The second-order valence-electron chi connectivity index (χ2n) is 4.54. The number of benzene rings is 1. The maximum atomic E-state index is 10.7. The molecule has 2 rings (SSSR count). The maximum absolute atomic E-state index is 10.7. The van der Waals surface area contributed by atoms with Crippen molar-refractivity contribution < 1.29 is 9.90 Å². The molecule has 0 radical (unpaired) electrons. The summed E-state index contributed by atoms with van der Waals surface area (Å²) in [5.74, 6) is 0.0651. The third-order valence-electron chi connectivity index (χ3n) is 3.35. The van der Waals surface area contributed by atoms with Gasteiger partial charge in [-0.2, -0.15) is 0 Å². The smallest absolute Gasteiger partial charge is 0.313 e. The molecule has 1 aromatic carbocycles. The van der Waals surface area contributed by atoms with Crippen molar-refractivity contribution in [3.8, 4) is 0 Å². The Hall–Kier alpha value is -0.960. The molecule has 1 aliphatic carbocycles. The summed E-state index contributed by atoms with van der Waals surface area (Å²) < 4.78 is 0. The van der Waals surface area contributed by atoms with Gasteiger partial charge >= 0.3 is 5.97 Å². The predicted molar refractivity (Wildman–Crippen MR) is 71.5 cm³/mol. The predicted octanol–water partition coefficient (Wildman–Crippen LogP) is 3.53. The number of hydrogen-bond donors (Lipinski definition) is 1. The van der Waals surface area contributed by atoms with Crippen molar-refractivity contribution in [2.45, 2.75) is 36.9 Å². The van der Waals surface area contributed by atoms with E-state index in [2.05, 4.69) is 24.3 Å². The minimum absolute atomic E-state index is 0.230. The van der Waals surface area contributed by atoms with Crippen molar-refractivity contribution in [1.29, 1.82) is 0 Å². The second kappa shape index (κ2) is 6.10. The van der Waals surface area contributed by atoms with Crippen LogP contribution >= 0.6 is 11.8 Å². The summed E-state index contributed by atoms with van der Waals surface area (Å²) in [6.07, 6.45) is 4.85. The van der Waals surface area contributed by atoms with Crippen LogP contribution in [0.3, 0.4) is 0 Å². The van der Waals surface area contributed by atoms with Gasteiger partial charge in [0.25, 0.3) is 0 Å². The molecule has 1 saturated carbocycles. The van der Waals surface area contributed by atoms with Gasteiger partial charge in [0.2, 0.25) is 0 Å². The van der Waals surface area contributed by atoms with E-state index in [4.69, 9.17) is 5.11 Å². The lowest BCUT2D eigenvalue weighted by Gasteiger charge is -2.31. The molecule has 0 spiro atoms. The lowest BCUT2D eigenvalue weighted by Crippen LogP contribution is -2.21. The van der Waals surface area contributed by atoms with Gasteiger partial charge in [0.15, 0.2) is 0 Å². The summed E-state index contributed by atoms with van der Waals surface area (Å²) in [7, 11) is 0. The highest BCUT2D eigenvalue weighted by Crippen LogP contribution is 2.39. The Labute approximate surface area is 106 Å². The molecule has 0 amide bonds. The molecule has 2 atom stereocenters. The minimum atomic E-state index is -0.701. The molecular formula is C14H18O2S. The van der Waals surface area contributed by atoms with Gasteiger partial charge in [0.1, 0.15) is 0 Å². The van der Waals surface area contributed by atoms with Gasteiger partial charge in [-0.05, 0) is 24.3 Å². The van der Waals surface area contributed by atoms with Gasteiger partial charge in [0, 0.05) is 5.25 Å². The van der Waals surface area contributed by atoms with Crippen LogP contribution < -0.4 is 0 Å². The molecule has 0 unspecified atom stereocenters. The Morgan fingerprint density at radius 2 is 1.94 bits per heavy atom. The van der Waals surface area contributed by atoms with Gasteiger partial charge < -0.3 is 5.11 Å². The number of rotatable bonds is 4. The van der Waals surface area contributed by atoms with E-state index in [1.54, 1.807) is 11.8 Å². The van der Waals surface area contributed by atoms with Crippen molar-refractivity contribution in [2.75, 3.05) is 5.75 Å². The number of thioether (sulfide) groups is 1. The van der Waals surface area contributed by atoms with Crippen molar-refractivity contribution >= 4 is 17.7 Å². The average Bonchev–Trinajstić information content (AvgIpc) is 2.38. The van der Waals surface area contributed by atoms with E-state index in [-0.39, 0.29) is 5.75 Å². The van der Waals surface area contributed by atoms with Crippen LogP contribution in [0.15, 0.2) is 30.3 Å². The van der Waals surface area contributed by atoms with Crippen LogP contribution in [0.4, 0.5) is 0 Å². The zero-order valence-electron chi connectivity index (χ0n) is 9.84. The summed E-state index contributed by atoms with van der Waals surface area (Å²) in [5, 5.41) is 9.25. The van der Waals surface area contributed by atoms with Crippen LogP contribution in [0.1, 0.15) is 37.2 Å². The number of carbonyl (C=O) groups is 1. The Balaban J connectivity index is 2.04. The molecule has 1 aliphatic rings. The van der Waals surface area contributed by atoms with E-state index in [0.717, 1.165) is 6.42 Å². The Morgan fingerprint density at radius 3 is 2.65 bits per heavy atom. The van der Waals surface area contributed by atoms with Crippen molar-refractivity contribution in [1.82, 2.24) is 0 Å². The molecule has 92 valence electrons. The number of carboxylic acids is 1. The summed E-state index contributed by atoms with van der Waals surface area (Å²) >= 11 is 1.61. The van der Waals surface area contributed by atoms with Crippen molar-refractivity contribution in [3.63, 3.8) is 0 Å². The lowest BCUT2D eigenvalue weighted by molar-refractivity contribution is -0.133. The number of hydrogen-bond acceptors (Lipinski definition) is 2. The molecule has 0 aromatic heterocycles. The second-order valence-corrected chi connectivity index (χ2v) is 5.77. The zero-order valence-corrected chi connectivity index (χ0v) is 10.7. The fourth-order valence-corrected chi connectivity index (χ4v) is 3.77. The monoisotopic (exact) mass is 250 g/mol. The van der Waals surface area contributed by atoms with Crippen LogP contribution in [0.5, 0.6) is 0 Å². The SMILES string of the molecule is O=C(O)CS[C@@H]1CCCC[C@H]1c1ccccc1. The van der Waals surface area contributed by atoms with E-state index in [9.17, 15) is 4.79 Å². The van der Waals surface area contributed by atoms with Crippen molar-refractivity contribution in [3.05, 3.63) is 35.9 Å². The molecule has 3 heteroatoms. The Kier molecular flexibility index (Phi) is 4.49. The number of carboxylic acid groups (broad SMARTS) is 1. The molecule has 2 nitrogen and oxygen atoms in total. The normalized spacial score (nSPS) is 24.5. The molecule has 0 aliphatic heterocycles. The Bertz CT molecular complexity index is 364. The summed E-state index contributed by atoms with van der Waals surface area (Å²) in [6.45, 7) is 0. The zero-order chi connectivity index (χ0) is 12.1. The quantitative estimate of drug-likeness (QED) is 0.888. The lowest BCUT2D eigenvalue weighted by atomic mass is 9.83. The van der Waals surface area contributed by atoms with Gasteiger partial charge in [-0.1, -0.05) is 43.2 Å². The molecule has 0 heterocycles. The van der Waals surface area contributed by atoms with Crippen LogP contribution in [-0.4, -0.2) is 22.1 Å². The summed E-state index contributed by atoms with van der Waals surface area (Å²) in [4.78, 5) is 10.7. The Morgan fingerprint density at radius 1 is 1.24 bits per heavy atom. The largest absolute Gasteiger partial charge is 0.481 e. The average molecular weight is 250 g/mol. The topological polar surface area (TPSA) is 37.3 Å². The van der Waals surface area contributed by atoms with E-state index < -0.39 is 5.97 Å². The first-order chi connectivity index (χ1) is 8.27. The summed E-state index contributed by atoms with van der Waals surface area (Å²) in [6, 6.07) is 10.5. The molecule has 1 aromatic rings. The molecule has 1 fully saturated rings. The third-order valence-corrected chi connectivity index (χ3v) is 4.76. The van der Waals surface area contributed by atoms with Gasteiger partial charge in [-0.25, -0.2) is 0 Å². The van der Waals surface area contributed by atoms with Gasteiger partial charge in [-0.3, -0.25) is 4.79 Å². The van der Waals surface area contributed by atoms with Crippen molar-refractivity contribution in [2.24, 2.45) is 0 Å². The first-order valence-corrected chi connectivity index (χ1v) is 7.20. The van der Waals surface area contributed by atoms with Crippen LogP contribution in [0, 0.1) is 0 Å². The third kappa shape index (κ3) is 3.50.